The van der Waals surface area contributed by atoms with Gasteiger partial charge in [0.15, 0.2) is 0 Å². The van der Waals surface area contributed by atoms with Crippen molar-refractivity contribution in [3.63, 3.8) is 0 Å². The summed E-state index contributed by atoms with van der Waals surface area (Å²) in [5, 5.41) is 2.96. The molecular formula is C19H31NO. The van der Waals surface area contributed by atoms with Crippen LogP contribution < -0.4 is 5.32 Å². The first kappa shape index (κ1) is 17.7. The van der Waals surface area contributed by atoms with E-state index in [-0.39, 0.29) is 5.91 Å². The van der Waals surface area contributed by atoms with Crippen LogP contribution in [0.3, 0.4) is 0 Å². The number of aryl methyl sites for hydroxylation is 1. The van der Waals surface area contributed by atoms with Gasteiger partial charge in [-0.15, -0.1) is 0 Å². The standard InChI is InChI=1S/C19H31NO/c1-3-4-5-6-7-8-9-10-11-12-19(21)20-18-15-13-17(2)14-16-18/h13-16H,3-12H2,1-2H3,(H,20,21). The summed E-state index contributed by atoms with van der Waals surface area (Å²) in [6, 6.07) is 7.97. The fourth-order valence-corrected chi connectivity index (χ4v) is 2.46. The molecule has 2 heteroatoms. The van der Waals surface area contributed by atoms with E-state index >= 15 is 0 Å². The lowest BCUT2D eigenvalue weighted by molar-refractivity contribution is -0.116. The molecule has 1 amide bonds. The highest BCUT2D eigenvalue weighted by Gasteiger charge is 2.02. The molecule has 1 aromatic rings. The van der Waals surface area contributed by atoms with Gasteiger partial charge >= 0.3 is 0 Å². The Morgan fingerprint density at radius 3 is 1.95 bits per heavy atom. The van der Waals surface area contributed by atoms with Crippen molar-refractivity contribution in [1.29, 1.82) is 0 Å². The molecule has 0 radical (unpaired) electrons. The average molecular weight is 289 g/mol. The van der Waals surface area contributed by atoms with Crippen LogP contribution >= 0.6 is 0 Å². The Morgan fingerprint density at radius 2 is 1.38 bits per heavy atom. The summed E-state index contributed by atoms with van der Waals surface area (Å²) < 4.78 is 0. The normalized spacial score (nSPS) is 10.6. The van der Waals surface area contributed by atoms with E-state index in [9.17, 15) is 4.79 Å². The molecule has 1 rings (SSSR count). The molecule has 0 fully saturated rings. The molecule has 0 atom stereocenters. The van der Waals surface area contributed by atoms with Gasteiger partial charge in [-0.3, -0.25) is 4.79 Å². The number of unbranched alkanes of at least 4 members (excludes halogenated alkanes) is 8. The largest absolute Gasteiger partial charge is 0.326 e. The van der Waals surface area contributed by atoms with Crippen molar-refractivity contribution < 1.29 is 4.79 Å². The van der Waals surface area contributed by atoms with Gasteiger partial charge in [0, 0.05) is 12.1 Å². The predicted molar refractivity (Wildman–Crippen MR) is 91.7 cm³/mol. The van der Waals surface area contributed by atoms with Crippen LogP contribution in [0.15, 0.2) is 24.3 Å². The van der Waals surface area contributed by atoms with Gasteiger partial charge in [0.25, 0.3) is 0 Å². The van der Waals surface area contributed by atoms with E-state index in [1.54, 1.807) is 0 Å². The minimum absolute atomic E-state index is 0.141. The van der Waals surface area contributed by atoms with Gasteiger partial charge in [0.1, 0.15) is 0 Å². The van der Waals surface area contributed by atoms with Crippen LogP contribution in [0.25, 0.3) is 0 Å². The van der Waals surface area contributed by atoms with E-state index < -0.39 is 0 Å². The molecule has 0 aliphatic rings. The van der Waals surface area contributed by atoms with E-state index in [0.29, 0.717) is 6.42 Å². The van der Waals surface area contributed by atoms with Crippen molar-refractivity contribution in [3.05, 3.63) is 29.8 Å². The first-order valence-corrected chi connectivity index (χ1v) is 8.59. The van der Waals surface area contributed by atoms with Crippen molar-refractivity contribution in [2.45, 2.75) is 78.1 Å². The summed E-state index contributed by atoms with van der Waals surface area (Å²) in [7, 11) is 0. The van der Waals surface area contributed by atoms with Crippen molar-refractivity contribution >= 4 is 11.6 Å². The monoisotopic (exact) mass is 289 g/mol. The molecule has 0 saturated heterocycles. The van der Waals surface area contributed by atoms with Crippen molar-refractivity contribution in [1.82, 2.24) is 0 Å². The Balaban J connectivity index is 1.97. The lowest BCUT2D eigenvalue weighted by atomic mass is 10.1. The Bertz CT molecular complexity index is 383. The third-order valence-electron chi connectivity index (χ3n) is 3.84. The van der Waals surface area contributed by atoms with Gasteiger partial charge in [-0.2, -0.15) is 0 Å². The minimum Gasteiger partial charge on any atom is -0.326 e. The number of rotatable bonds is 11. The average Bonchev–Trinajstić information content (AvgIpc) is 2.48. The van der Waals surface area contributed by atoms with Crippen molar-refractivity contribution in [2.75, 3.05) is 5.32 Å². The highest BCUT2D eigenvalue weighted by atomic mass is 16.1. The molecule has 0 unspecified atom stereocenters. The van der Waals surface area contributed by atoms with Crippen LogP contribution in [0.1, 0.15) is 76.7 Å². The van der Waals surface area contributed by atoms with Crippen LogP contribution in [-0.4, -0.2) is 5.91 Å². The Hall–Kier alpha value is -1.31. The first-order valence-electron chi connectivity index (χ1n) is 8.59. The molecule has 1 N–H and O–H groups in total. The Kier molecular flexibility index (Phi) is 9.60. The summed E-state index contributed by atoms with van der Waals surface area (Å²) in [5.74, 6) is 0.141. The molecule has 1 aromatic carbocycles. The number of hydrogen-bond donors (Lipinski definition) is 1. The molecule has 0 aliphatic heterocycles. The molecule has 0 heterocycles. The molecule has 2 nitrogen and oxygen atoms in total. The van der Waals surface area contributed by atoms with E-state index in [2.05, 4.69) is 12.2 Å². The minimum atomic E-state index is 0.141. The van der Waals surface area contributed by atoms with Gasteiger partial charge in [0.2, 0.25) is 5.91 Å². The fourth-order valence-electron chi connectivity index (χ4n) is 2.46. The van der Waals surface area contributed by atoms with Gasteiger partial charge in [0.05, 0.1) is 0 Å². The highest BCUT2D eigenvalue weighted by molar-refractivity contribution is 5.90. The summed E-state index contributed by atoms with van der Waals surface area (Å²) in [5.41, 5.74) is 2.12. The van der Waals surface area contributed by atoms with Gasteiger partial charge in [-0.1, -0.05) is 76.0 Å². The molecular weight excluding hydrogens is 258 g/mol. The highest BCUT2D eigenvalue weighted by Crippen LogP contribution is 2.12. The Morgan fingerprint density at radius 1 is 0.857 bits per heavy atom. The van der Waals surface area contributed by atoms with E-state index in [1.165, 1.54) is 56.9 Å². The Labute approximate surface area is 130 Å². The van der Waals surface area contributed by atoms with Crippen LogP contribution in [0.5, 0.6) is 0 Å². The van der Waals surface area contributed by atoms with Crippen LogP contribution in [0.2, 0.25) is 0 Å². The molecule has 0 saturated carbocycles. The number of anilines is 1. The van der Waals surface area contributed by atoms with Gasteiger partial charge in [-0.25, -0.2) is 0 Å². The third kappa shape index (κ3) is 9.28. The smallest absolute Gasteiger partial charge is 0.224 e. The van der Waals surface area contributed by atoms with Crippen LogP contribution in [0, 0.1) is 6.92 Å². The SMILES string of the molecule is CCCCCCCCCCCC(=O)Nc1ccc(C)cc1. The number of hydrogen-bond acceptors (Lipinski definition) is 1. The molecule has 21 heavy (non-hydrogen) atoms. The maximum atomic E-state index is 11.8. The molecule has 0 aliphatic carbocycles. The summed E-state index contributed by atoms with van der Waals surface area (Å²) >= 11 is 0. The summed E-state index contributed by atoms with van der Waals surface area (Å²) in [6.45, 7) is 4.30. The van der Waals surface area contributed by atoms with E-state index in [0.717, 1.165) is 12.1 Å². The zero-order valence-electron chi connectivity index (χ0n) is 13.8. The number of nitrogens with one attached hydrogen (secondary N) is 1. The summed E-state index contributed by atoms with van der Waals surface area (Å²) in [6.07, 6.45) is 12.2. The number of benzene rings is 1. The zero-order chi connectivity index (χ0) is 15.3. The molecule has 118 valence electrons. The van der Waals surface area contributed by atoms with Crippen LogP contribution in [-0.2, 0) is 4.79 Å². The maximum absolute atomic E-state index is 11.8. The lowest BCUT2D eigenvalue weighted by Gasteiger charge is -2.05. The third-order valence-corrected chi connectivity index (χ3v) is 3.84. The topological polar surface area (TPSA) is 29.1 Å². The summed E-state index contributed by atoms with van der Waals surface area (Å²) in [4.78, 5) is 11.8. The molecule has 0 spiro atoms. The second-order valence-corrected chi connectivity index (χ2v) is 5.99. The number of carbonyl (C=O) groups is 1. The zero-order valence-corrected chi connectivity index (χ0v) is 13.8. The van der Waals surface area contributed by atoms with Gasteiger partial charge < -0.3 is 5.32 Å². The van der Waals surface area contributed by atoms with E-state index in [4.69, 9.17) is 0 Å². The molecule has 0 aromatic heterocycles. The van der Waals surface area contributed by atoms with Gasteiger partial charge in [-0.05, 0) is 25.5 Å². The van der Waals surface area contributed by atoms with Crippen LogP contribution in [0.4, 0.5) is 5.69 Å². The number of amides is 1. The number of carbonyl (C=O) groups excluding carboxylic acids is 1. The predicted octanol–water partition coefficient (Wildman–Crippen LogP) is 5.85. The lowest BCUT2D eigenvalue weighted by Crippen LogP contribution is -2.10. The van der Waals surface area contributed by atoms with Crippen molar-refractivity contribution in [3.8, 4) is 0 Å². The first-order chi connectivity index (χ1) is 10.2. The molecule has 0 bridgehead atoms. The van der Waals surface area contributed by atoms with E-state index in [1.807, 2.05) is 31.2 Å². The second kappa shape index (κ2) is 11.4. The maximum Gasteiger partial charge on any atom is 0.224 e. The second-order valence-electron chi connectivity index (χ2n) is 5.99. The quantitative estimate of drug-likeness (QED) is 0.508. The van der Waals surface area contributed by atoms with Crippen molar-refractivity contribution in [2.24, 2.45) is 0 Å². The fraction of sp³-hybridized carbons (Fsp3) is 0.632.